The summed E-state index contributed by atoms with van der Waals surface area (Å²) in [6, 6.07) is 9.61. The predicted molar refractivity (Wildman–Crippen MR) is 98.7 cm³/mol. The molecule has 8 heteroatoms. The van der Waals surface area contributed by atoms with Crippen LogP contribution in [0.5, 0.6) is 11.5 Å². The van der Waals surface area contributed by atoms with E-state index in [2.05, 4.69) is 21.2 Å². The van der Waals surface area contributed by atoms with Crippen molar-refractivity contribution >= 4 is 27.5 Å². The zero-order valence-corrected chi connectivity index (χ0v) is 15.6. The molecule has 1 N–H and O–H groups in total. The van der Waals surface area contributed by atoms with E-state index in [0.717, 1.165) is 5.56 Å². The number of fused-ring (bicyclic) bond motifs is 1. The highest BCUT2D eigenvalue weighted by Crippen LogP contribution is 2.33. The minimum absolute atomic E-state index is 0.148. The molecule has 2 aromatic carbocycles. The molecule has 0 saturated carbocycles. The number of carbonyl (C=O) groups is 1. The molecule has 1 atom stereocenters. The molecule has 7 nitrogen and oxygen atoms in total. The van der Waals surface area contributed by atoms with E-state index in [0.29, 0.717) is 35.6 Å². The van der Waals surface area contributed by atoms with Crippen molar-refractivity contribution in [2.75, 3.05) is 13.2 Å². The molecule has 26 heavy (non-hydrogen) atoms. The smallest absolute Gasteiger partial charge is 0.284 e. The van der Waals surface area contributed by atoms with Crippen LogP contribution in [-0.4, -0.2) is 24.0 Å². The Morgan fingerprint density at radius 2 is 1.96 bits per heavy atom. The van der Waals surface area contributed by atoms with Gasteiger partial charge in [-0.1, -0.05) is 13.0 Å². The van der Waals surface area contributed by atoms with Gasteiger partial charge >= 0.3 is 0 Å². The summed E-state index contributed by atoms with van der Waals surface area (Å²) in [5.41, 5.74) is 0.970. The summed E-state index contributed by atoms with van der Waals surface area (Å²) in [7, 11) is 0. The topological polar surface area (TPSA) is 90.7 Å². The van der Waals surface area contributed by atoms with Gasteiger partial charge in [-0.3, -0.25) is 14.9 Å². The fourth-order valence-electron chi connectivity index (χ4n) is 2.73. The molecule has 3 rings (SSSR count). The van der Waals surface area contributed by atoms with Crippen molar-refractivity contribution in [3.63, 3.8) is 0 Å². The SMILES string of the molecule is CCC(NC(=O)c1ccc(Br)c([N+](=O)[O-])c1)c1ccc2c(c1)OCCO2. The maximum absolute atomic E-state index is 12.6. The molecule has 1 unspecified atom stereocenters. The zero-order chi connectivity index (χ0) is 18.7. The van der Waals surface area contributed by atoms with Gasteiger partial charge in [0.25, 0.3) is 11.6 Å². The molecule has 1 aliphatic rings. The van der Waals surface area contributed by atoms with Crippen molar-refractivity contribution in [1.82, 2.24) is 5.32 Å². The Balaban J connectivity index is 1.81. The minimum atomic E-state index is -0.529. The standard InChI is InChI=1S/C18H17BrN2O5/c1-2-14(11-4-6-16-17(10-11)26-8-7-25-16)20-18(22)12-3-5-13(19)15(9-12)21(23)24/h3-6,9-10,14H,2,7-8H2,1H3,(H,20,22). The monoisotopic (exact) mass is 420 g/mol. The predicted octanol–water partition coefficient (Wildman–Crippen LogP) is 4.01. The Bertz CT molecular complexity index is 855. The fourth-order valence-corrected chi connectivity index (χ4v) is 3.12. The third-order valence-corrected chi connectivity index (χ3v) is 4.76. The molecule has 1 amide bonds. The molecule has 0 fully saturated rings. The average molecular weight is 421 g/mol. The van der Waals surface area contributed by atoms with Crippen molar-refractivity contribution in [2.24, 2.45) is 0 Å². The average Bonchev–Trinajstić information content (AvgIpc) is 2.65. The number of hydrogen-bond donors (Lipinski definition) is 1. The number of nitrogens with zero attached hydrogens (tertiary/aromatic N) is 1. The van der Waals surface area contributed by atoms with Crippen LogP contribution in [0.1, 0.15) is 35.3 Å². The third-order valence-electron chi connectivity index (χ3n) is 4.09. The number of benzene rings is 2. The first-order chi connectivity index (χ1) is 12.5. The van der Waals surface area contributed by atoms with Crippen LogP contribution < -0.4 is 14.8 Å². The molecule has 0 bridgehead atoms. The second-order valence-corrected chi connectivity index (χ2v) is 6.62. The lowest BCUT2D eigenvalue weighted by Crippen LogP contribution is -2.28. The first kappa shape index (κ1) is 18.2. The van der Waals surface area contributed by atoms with Crippen LogP contribution in [-0.2, 0) is 0 Å². The number of nitrogens with one attached hydrogen (secondary N) is 1. The minimum Gasteiger partial charge on any atom is -0.486 e. The second kappa shape index (κ2) is 7.74. The van der Waals surface area contributed by atoms with Gasteiger partial charge in [0.1, 0.15) is 13.2 Å². The van der Waals surface area contributed by atoms with Crippen LogP contribution in [0.15, 0.2) is 40.9 Å². The Morgan fingerprint density at radius 1 is 1.23 bits per heavy atom. The molecule has 0 aromatic heterocycles. The first-order valence-corrected chi connectivity index (χ1v) is 8.93. The van der Waals surface area contributed by atoms with Crippen molar-refractivity contribution in [3.8, 4) is 11.5 Å². The molecule has 0 saturated heterocycles. The Morgan fingerprint density at radius 3 is 2.65 bits per heavy atom. The number of halogens is 1. The van der Waals surface area contributed by atoms with E-state index in [-0.39, 0.29) is 23.2 Å². The lowest BCUT2D eigenvalue weighted by atomic mass is 10.0. The maximum Gasteiger partial charge on any atom is 0.284 e. The number of nitro benzene ring substituents is 1. The number of rotatable bonds is 5. The molecular weight excluding hydrogens is 404 g/mol. The van der Waals surface area contributed by atoms with E-state index >= 15 is 0 Å². The van der Waals surface area contributed by atoms with Gasteiger partial charge in [0.05, 0.1) is 15.4 Å². The summed E-state index contributed by atoms with van der Waals surface area (Å²) >= 11 is 3.12. The van der Waals surface area contributed by atoms with Crippen molar-refractivity contribution in [3.05, 3.63) is 62.1 Å². The largest absolute Gasteiger partial charge is 0.486 e. The van der Waals surface area contributed by atoms with Crippen LogP contribution in [0.3, 0.4) is 0 Å². The summed E-state index contributed by atoms with van der Waals surface area (Å²) in [4.78, 5) is 23.1. The highest BCUT2D eigenvalue weighted by Gasteiger charge is 2.20. The first-order valence-electron chi connectivity index (χ1n) is 8.14. The van der Waals surface area contributed by atoms with Gasteiger partial charge in [0, 0.05) is 11.6 Å². The van der Waals surface area contributed by atoms with Gasteiger partial charge in [-0.05, 0) is 52.2 Å². The molecule has 136 valence electrons. The van der Waals surface area contributed by atoms with Gasteiger partial charge in [0.15, 0.2) is 11.5 Å². The quantitative estimate of drug-likeness (QED) is 0.582. The third kappa shape index (κ3) is 3.80. The van der Waals surface area contributed by atoms with E-state index < -0.39 is 4.92 Å². The van der Waals surface area contributed by atoms with Crippen LogP contribution in [0, 0.1) is 10.1 Å². The lowest BCUT2D eigenvalue weighted by molar-refractivity contribution is -0.385. The van der Waals surface area contributed by atoms with Crippen LogP contribution in [0.4, 0.5) is 5.69 Å². The Hall–Kier alpha value is -2.61. The number of amides is 1. The number of hydrogen-bond acceptors (Lipinski definition) is 5. The van der Waals surface area contributed by atoms with Crippen molar-refractivity contribution < 1.29 is 19.2 Å². The number of nitro groups is 1. The van der Waals surface area contributed by atoms with Gasteiger partial charge in [-0.15, -0.1) is 0 Å². The summed E-state index contributed by atoms with van der Waals surface area (Å²) in [5.74, 6) is 0.966. The fraction of sp³-hybridized carbons (Fsp3) is 0.278. The van der Waals surface area contributed by atoms with Gasteiger partial charge < -0.3 is 14.8 Å². The molecular formula is C18H17BrN2O5. The van der Waals surface area contributed by atoms with Gasteiger partial charge in [-0.25, -0.2) is 0 Å². The van der Waals surface area contributed by atoms with E-state index in [1.165, 1.54) is 12.1 Å². The Labute approximate surface area is 158 Å². The van der Waals surface area contributed by atoms with E-state index in [1.807, 2.05) is 25.1 Å². The van der Waals surface area contributed by atoms with Crippen LogP contribution in [0.2, 0.25) is 0 Å². The highest BCUT2D eigenvalue weighted by molar-refractivity contribution is 9.10. The van der Waals surface area contributed by atoms with Crippen LogP contribution in [0.25, 0.3) is 0 Å². The van der Waals surface area contributed by atoms with Gasteiger partial charge in [-0.2, -0.15) is 0 Å². The summed E-state index contributed by atoms with van der Waals surface area (Å²) in [6.07, 6.45) is 0.657. The molecule has 0 aliphatic carbocycles. The lowest BCUT2D eigenvalue weighted by Gasteiger charge is -2.22. The molecule has 0 spiro atoms. The summed E-state index contributed by atoms with van der Waals surface area (Å²) in [6.45, 7) is 2.95. The van der Waals surface area contributed by atoms with Gasteiger partial charge in [0.2, 0.25) is 0 Å². The zero-order valence-electron chi connectivity index (χ0n) is 14.0. The number of carbonyl (C=O) groups excluding carboxylic acids is 1. The summed E-state index contributed by atoms with van der Waals surface area (Å²) in [5, 5.41) is 14.0. The normalized spacial score (nSPS) is 13.8. The molecule has 2 aromatic rings. The van der Waals surface area contributed by atoms with E-state index in [1.54, 1.807) is 6.07 Å². The maximum atomic E-state index is 12.6. The summed E-state index contributed by atoms with van der Waals surface area (Å²) < 4.78 is 11.4. The van der Waals surface area contributed by atoms with Crippen molar-refractivity contribution in [1.29, 1.82) is 0 Å². The second-order valence-electron chi connectivity index (χ2n) is 5.76. The molecule has 1 aliphatic heterocycles. The Kier molecular flexibility index (Phi) is 5.41. The van der Waals surface area contributed by atoms with E-state index in [9.17, 15) is 14.9 Å². The van der Waals surface area contributed by atoms with Crippen molar-refractivity contribution in [2.45, 2.75) is 19.4 Å². The molecule has 1 heterocycles. The number of ether oxygens (including phenoxy) is 2. The van der Waals surface area contributed by atoms with Crippen LogP contribution >= 0.6 is 15.9 Å². The highest BCUT2D eigenvalue weighted by atomic mass is 79.9. The van der Waals surface area contributed by atoms with E-state index in [4.69, 9.17) is 9.47 Å². The molecule has 0 radical (unpaired) electrons.